The topological polar surface area (TPSA) is 140 Å². The van der Waals surface area contributed by atoms with Crippen molar-refractivity contribution < 1.29 is 24.2 Å². The molecule has 0 atom stereocenters. The highest BCUT2D eigenvalue weighted by molar-refractivity contribution is 9.10. The Hall–Kier alpha value is -2.62. The molecule has 0 aliphatic carbocycles. The lowest BCUT2D eigenvalue weighted by Crippen LogP contribution is -2.13. The highest BCUT2D eigenvalue weighted by Gasteiger charge is 2.19. The molecule has 0 aliphatic heterocycles. The van der Waals surface area contributed by atoms with Gasteiger partial charge in [-0.2, -0.15) is 15.4 Å². The largest absolute Gasteiger partial charge is 0.493 e. The molecule has 4 N–H and O–H groups in total. The summed E-state index contributed by atoms with van der Waals surface area (Å²) in [6.07, 6.45) is 0. The lowest BCUT2D eigenvalue weighted by molar-refractivity contribution is -0.139. The molecule has 0 spiro atoms. The number of primary amides is 1. The van der Waals surface area contributed by atoms with E-state index >= 15 is 0 Å². The Morgan fingerprint density at radius 2 is 2.14 bits per heavy atom. The molecule has 0 unspecified atom stereocenters. The Labute approximate surface area is 132 Å². The summed E-state index contributed by atoms with van der Waals surface area (Å²) in [7, 11) is 1.40. The van der Waals surface area contributed by atoms with Crippen LogP contribution in [-0.4, -0.2) is 46.1 Å². The van der Waals surface area contributed by atoms with E-state index in [9.17, 15) is 9.59 Å². The average molecular weight is 371 g/mol. The molecule has 10 heteroatoms. The lowest BCUT2D eigenvalue weighted by atomic mass is 10.1. The number of ether oxygens (including phenoxy) is 2. The monoisotopic (exact) mass is 370 g/mol. The van der Waals surface area contributed by atoms with Crippen LogP contribution in [0.25, 0.3) is 11.3 Å². The fourth-order valence-electron chi connectivity index (χ4n) is 1.73. The average Bonchev–Trinajstić information content (AvgIpc) is 2.94. The summed E-state index contributed by atoms with van der Waals surface area (Å²) in [5, 5.41) is 18.6. The van der Waals surface area contributed by atoms with Gasteiger partial charge < -0.3 is 20.3 Å². The third-order valence-corrected chi connectivity index (χ3v) is 3.21. The number of aromatic nitrogens is 3. The summed E-state index contributed by atoms with van der Waals surface area (Å²) in [5.74, 6) is -1.36. The number of methoxy groups -OCH3 is 1. The van der Waals surface area contributed by atoms with E-state index in [1.807, 2.05) is 0 Å². The number of rotatable bonds is 6. The van der Waals surface area contributed by atoms with Crippen LogP contribution in [0.3, 0.4) is 0 Å². The quantitative estimate of drug-likeness (QED) is 0.682. The van der Waals surface area contributed by atoms with Crippen LogP contribution < -0.4 is 15.2 Å². The van der Waals surface area contributed by atoms with Crippen molar-refractivity contribution in [1.82, 2.24) is 15.4 Å². The van der Waals surface area contributed by atoms with Gasteiger partial charge in [-0.3, -0.25) is 4.79 Å². The number of aliphatic carboxylic acids is 1. The van der Waals surface area contributed by atoms with Crippen molar-refractivity contribution >= 4 is 27.8 Å². The molecule has 1 amide bonds. The Kier molecular flexibility index (Phi) is 4.61. The Morgan fingerprint density at radius 3 is 2.73 bits per heavy atom. The number of carboxylic acid groups (broad SMARTS) is 1. The van der Waals surface area contributed by atoms with Gasteiger partial charge in [0, 0.05) is 5.56 Å². The predicted octanol–water partition coefficient (Wildman–Crippen LogP) is 0.805. The van der Waals surface area contributed by atoms with Crippen LogP contribution in [0.4, 0.5) is 0 Å². The van der Waals surface area contributed by atoms with Crippen molar-refractivity contribution in [3.63, 3.8) is 0 Å². The summed E-state index contributed by atoms with van der Waals surface area (Å²) < 4.78 is 10.8. The first-order chi connectivity index (χ1) is 10.4. The fraction of sp³-hybridized carbons (Fsp3) is 0.167. The van der Waals surface area contributed by atoms with E-state index in [0.717, 1.165) is 0 Å². The molecule has 0 saturated carbocycles. The van der Waals surface area contributed by atoms with Gasteiger partial charge in [-0.1, -0.05) is 0 Å². The Bertz CT molecular complexity index is 730. The standard InChI is InChI=1S/C12H11BrN4O5/c1-21-7-3-5(9-10(12(14)20)16-17-15-9)2-6(13)11(7)22-4-8(18)19/h2-3H,4H2,1H3,(H2,14,20)(H,18,19)(H,15,16,17). The molecule has 2 aromatic rings. The van der Waals surface area contributed by atoms with Crippen molar-refractivity contribution in [3.8, 4) is 22.8 Å². The highest BCUT2D eigenvalue weighted by atomic mass is 79.9. The molecule has 0 saturated heterocycles. The predicted molar refractivity (Wildman–Crippen MR) is 77.7 cm³/mol. The van der Waals surface area contributed by atoms with E-state index in [0.29, 0.717) is 10.0 Å². The number of nitrogens with one attached hydrogen (secondary N) is 1. The first kappa shape index (κ1) is 15.8. The van der Waals surface area contributed by atoms with Crippen LogP contribution in [0.2, 0.25) is 0 Å². The van der Waals surface area contributed by atoms with Crippen molar-refractivity contribution in [1.29, 1.82) is 0 Å². The SMILES string of the molecule is COc1cc(-c2n[nH]nc2C(N)=O)cc(Br)c1OCC(=O)O. The molecule has 0 radical (unpaired) electrons. The van der Waals surface area contributed by atoms with E-state index < -0.39 is 18.5 Å². The highest BCUT2D eigenvalue weighted by Crippen LogP contribution is 2.39. The van der Waals surface area contributed by atoms with Crippen molar-refractivity contribution in [3.05, 3.63) is 22.3 Å². The van der Waals surface area contributed by atoms with Gasteiger partial charge in [0.25, 0.3) is 5.91 Å². The number of aromatic amines is 1. The van der Waals surface area contributed by atoms with Crippen molar-refractivity contribution in [2.75, 3.05) is 13.7 Å². The van der Waals surface area contributed by atoms with Gasteiger partial charge in [0.05, 0.1) is 11.6 Å². The van der Waals surface area contributed by atoms with E-state index in [4.69, 9.17) is 20.3 Å². The fourth-order valence-corrected chi connectivity index (χ4v) is 2.29. The molecule has 2 rings (SSSR count). The minimum Gasteiger partial charge on any atom is -0.493 e. The molecular weight excluding hydrogens is 360 g/mol. The second-order valence-corrected chi connectivity index (χ2v) is 4.91. The summed E-state index contributed by atoms with van der Waals surface area (Å²) >= 11 is 3.26. The van der Waals surface area contributed by atoms with Gasteiger partial charge in [-0.15, -0.1) is 0 Å². The number of halogens is 1. The van der Waals surface area contributed by atoms with Gasteiger partial charge >= 0.3 is 5.97 Å². The normalized spacial score (nSPS) is 10.3. The van der Waals surface area contributed by atoms with Crippen LogP contribution in [0, 0.1) is 0 Å². The summed E-state index contributed by atoms with van der Waals surface area (Å²) in [5.41, 5.74) is 5.94. The minimum absolute atomic E-state index is 0.0202. The third kappa shape index (κ3) is 3.17. The number of carboxylic acids is 1. The molecular formula is C12H11BrN4O5. The first-order valence-corrected chi connectivity index (χ1v) is 6.66. The lowest BCUT2D eigenvalue weighted by Gasteiger charge is -2.12. The van der Waals surface area contributed by atoms with E-state index in [2.05, 4.69) is 31.3 Å². The number of H-pyrrole nitrogens is 1. The Balaban J connectivity index is 2.47. The van der Waals surface area contributed by atoms with Crippen LogP contribution in [0.5, 0.6) is 11.5 Å². The maximum Gasteiger partial charge on any atom is 0.341 e. The van der Waals surface area contributed by atoms with Gasteiger partial charge in [0.15, 0.2) is 23.8 Å². The molecule has 1 aromatic heterocycles. The number of hydrogen-bond acceptors (Lipinski definition) is 6. The van der Waals surface area contributed by atoms with Gasteiger partial charge in [0.1, 0.15) is 5.69 Å². The zero-order valence-corrected chi connectivity index (χ0v) is 12.9. The number of carbonyl (C=O) groups excluding carboxylic acids is 1. The van der Waals surface area contributed by atoms with E-state index in [1.54, 1.807) is 6.07 Å². The number of hydrogen-bond donors (Lipinski definition) is 3. The Morgan fingerprint density at radius 1 is 1.41 bits per heavy atom. The molecule has 9 nitrogen and oxygen atoms in total. The molecule has 116 valence electrons. The summed E-state index contributed by atoms with van der Waals surface area (Å²) in [6.45, 7) is -0.523. The molecule has 22 heavy (non-hydrogen) atoms. The zero-order valence-electron chi connectivity index (χ0n) is 11.3. The molecule has 0 fully saturated rings. The van der Waals surface area contributed by atoms with Gasteiger partial charge in [0.2, 0.25) is 0 Å². The number of amides is 1. The summed E-state index contributed by atoms with van der Waals surface area (Å²) in [6, 6.07) is 3.12. The number of nitrogens with zero attached hydrogens (tertiary/aromatic N) is 2. The third-order valence-electron chi connectivity index (χ3n) is 2.62. The minimum atomic E-state index is -1.12. The van der Waals surface area contributed by atoms with E-state index in [1.165, 1.54) is 13.2 Å². The van der Waals surface area contributed by atoms with Gasteiger partial charge in [-0.05, 0) is 28.1 Å². The second-order valence-electron chi connectivity index (χ2n) is 4.06. The molecule has 1 heterocycles. The molecule has 0 bridgehead atoms. The van der Waals surface area contributed by atoms with Crippen molar-refractivity contribution in [2.24, 2.45) is 5.73 Å². The summed E-state index contributed by atoms with van der Waals surface area (Å²) in [4.78, 5) is 21.9. The first-order valence-electron chi connectivity index (χ1n) is 5.87. The number of nitrogens with two attached hydrogens (primary N) is 1. The maximum absolute atomic E-state index is 11.3. The van der Waals surface area contributed by atoms with Crippen molar-refractivity contribution in [2.45, 2.75) is 0 Å². The second kappa shape index (κ2) is 6.43. The number of benzene rings is 1. The van der Waals surface area contributed by atoms with Crippen LogP contribution in [-0.2, 0) is 4.79 Å². The van der Waals surface area contributed by atoms with Crippen LogP contribution in [0.15, 0.2) is 16.6 Å². The number of carbonyl (C=O) groups is 2. The van der Waals surface area contributed by atoms with Crippen LogP contribution >= 0.6 is 15.9 Å². The van der Waals surface area contributed by atoms with E-state index in [-0.39, 0.29) is 22.9 Å². The molecule has 0 aliphatic rings. The smallest absolute Gasteiger partial charge is 0.341 e. The van der Waals surface area contributed by atoms with Crippen LogP contribution in [0.1, 0.15) is 10.5 Å². The zero-order chi connectivity index (χ0) is 16.3. The van der Waals surface area contributed by atoms with Gasteiger partial charge in [-0.25, -0.2) is 4.79 Å². The maximum atomic E-state index is 11.3. The molecule has 1 aromatic carbocycles.